The molecule has 0 spiro atoms. The van der Waals surface area contributed by atoms with Gasteiger partial charge >= 0.3 is 0 Å². The lowest BCUT2D eigenvalue weighted by molar-refractivity contribution is -0.140. The number of hydrogen-bond donors (Lipinski definition) is 1. The van der Waals surface area contributed by atoms with Gasteiger partial charge in [0.1, 0.15) is 11.6 Å². The smallest absolute Gasteiger partial charge is 0.295 e. The Kier molecular flexibility index (Phi) is 10.3. The molecule has 1 atom stereocenters. The molecule has 5 nitrogen and oxygen atoms in total. The molecule has 2 aromatic carbocycles. The van der Waals surface area contributed by atoms with Gasteiger partial charge in [0.05, 0.1) is 11.6 Å². The van der Waals surface area contributed by atoms with Gasteiger partial charge in [0.25, 0.3) is 11.7 Å². The number of carbonyl (C=O) groups excluding carboxylic acids is 2. The fourth-order valence-electron chi connectivity index (χ4n) is 4.48. The van der Waals surface area contributed by atoms with Gasteiger partial charge in [-0.05, 0) is 80.9 Å². The van der Waals surface area contributed by atoms with Crippen molar-refractivity contribution in [3.8, 4) is 0 Å². The topological polar surface area (TPSA) is 60.9 Å². The first-order valence-electron chi connectivity index (χ1n) is 12.5. The third-order valence-corrected chi connectivity index (χ3v) is 7.01. The van der Waals surface area contributed by atoms with Crippen LogP contribution in [0, 0.1) is 5.82 Å². The van der Waals surface area contributed by atoms with Crippen LogP contribution in [0.4, 0.5) is 4.39 Å². The van der Waals surface area contributed by atoms with E-state index in [1.165, 1.54) is 29.2 Å². The van der Waals surface area contributed by atoms with Crippen LogP contribution in [-0.2, 0) is 9.59 Å². The van der Waals surface area contributed by atoms with Crippen molar-refractivity contribution in [3.63, 3.8) is 0 Å². The average Bonchev–Trinajstić information content (AvgIpc) is 3.10. The lowest BCUT2D eigenvalue weighted by Gasteiger charge is -2.28. The van der Waals surface area contributed by atoms with Crippen LogP contribution in [0.15, 0.2) is 48.0 Å². The Morgan fingerprint density at radius 2 is 1.58 bits per heavy atom. The van der Waals surface area contributed by atoms with Crippen molar-refractivity contribution in [1.29, 1.82) is 0 Å². The monoisotopic (exact) mass is 534 g/mol. The van der Waals surface area contributed by atoms with E-state index in [0.717, 1.165) is 45.3 Å². The molecule has 1 amide bonds. The zero-order valence-electron chi connectivity index (χ0n) is 20.8. The number of nitrogens with zero attached hydrogens (tertiary/aromatic N) is 2. The van der Waals surface area contributed by atoms with E-state index in [1.807, 2.05) is 0 Å². The third kappa shape index (κ3) is 6.67. The van der Waals surface area contributed by atoms with Gasteiger partial charge < -0.3 is 14.9 Å². The first-order chi connectivity index (χ1) is 17.3. The molecule has 1 heterocycles. The molecule has 0 aliphatic carbocycles. The minimum absolute atomic E-state index is 0.0651. The van der Waals surface area contributed by atoms with Crippen molar-refractivity contribution in [1.82, 2.24) is 9.80 Å². The molecule has 0 saturated carbocycles. The van der Waals surface area contributed by atoms with Crippen LogP contribution < -0.4 is 0 Å². The SMILES string of the molecule is CCCCN(CCCC)CCCN1C(=O)C(=O)/C(=C(/O)c2ccc(F)cc2)C1c1ccc(Cl)cc1Cl. The molecule has 194 valence electrons. The molecule has 36 heavy (non-hydrogen) atoms. The summed E-state index contributed by atoms with van der Waals surface area (Å²) in [6.45, 7) is 7.42. The van der Waals surface area contributed by atoms with E-state index < -0.39 is 23.5 Å². The fraction of sp³-hybridized carbons (Fsp3) is 0.429. The van der Waals surface area contributed by atoms with Gasteiger partial charge in [-0.25, -0.2) is 4.39 Å². The highest BCUT2D eigenvalue weighted by molar-refractivity contribution is 6.47. The standard InChI is InChI=1S/C28H33Cl2FN2O3/c1-3-5-14-32(15-6-4-2)16-7-17-33-25(22-13-10-20(29)18-23(22)30)24(27(35)28(33)36)26(34)19-8-11-21(31)12-9-19/h8-13,18,25,34H,3-7,14-17H2,1-2H3/b26-24+. The zero-order valence-corrected chi connectivity index (χ0v) is 22.3. The Labute approximate surface area is 222 Å². The highest BCUT2D eigenvalue weighted by atomic mass is 35.5. The van der Waals surface area contributed by atoms with Gasteiger partial charge in [0.2, 0.25) is 0 Å². The number of unbranched alkanes of at least 4 members (excludes halogenated alkanes) is 2. The van der Waals surface area contributed by atoms with E-state index in [2.05, 4.69) is 18.7 Å². The Morgan fingerprint density at radius 3 is 2.17 bits per heavy atom. The van der Waals surface area contributed by atoms with E-state index in [0.29, 0.717) is 23.6 Å². The van der Waals surface area contributed by atoms with Gasteiger partial charge in [0.15, 0.2) is 0 Å². The van der Waals surface area contributed by atoms with E-state index >= 15 is 0 Å². The molecule has 1 unspecified atom stereocenters. The van der Waals surface area contributed by atoms with Gasteiger partial charge in [-0.3, -0.25) is 9.59 Å². The maximum absolute atomic E-state index is 13.5. The number of ketones is 1. The minimum atomic E-state index is -0.875. The molecule has 0 aromatic heterocycles. The summed E-state index contributed by atoms with van der Waals surface area (Å²) >= 11 is 12.6. The number of aliphatic hydroxyl groups excluding tert-OH is 1. The largest absolute Gasteiger partial charge is 0.507 e. The van der Waals surface area contributed by atoms with Gasteiger partial charge in [-0.2, -0.15) is 0 Å². The van der Waals surface area contributed by atoms with Crippen molar-refractivity contribution < 1.29 is 19.1 Å². The molecular weight excluding hydrogens is 502 g/mol. The van der Waals surface area contributed by atoms with E-state index in [1.54, 1.807) is 18.2 Å². The number of aliphatic hydroxyl groups is 1. The number of benzene rings is 2. The van der Waals surface area contributed by atoms with Crippen LogP contribution in [0.1, 0.15) is 63.1 Å². The quantitative estimate of drug-likeness (QED) is 0.184. The van der Waals surface area contributed by atoms with Crippen molar-refractivity contribution >= 4 is 40.7 Å². The van der Waals surface area contributed by atoms with Crippen LogP contribution in [-0.4, -0.2) is 52.8 Å². The van der Waals surface area contributed by atoms with Crippen LogP contribution >= 0.6 is 23.2 Å². The summed E-state index contributed by atoms with van der Waals surface area (Å²) in [4.78, 5) is 30.2. The molecule has 3 rings (SSSR count). The average molecular weight is 535 g/mol. The number of hydrogen-bond acceptors (Lipinski definition) is 4. The Balaban J connectivity index is 1.95. The van der Waals surface area contributed by atoms with Crippen LogP contribution in [0.5, 0.6) is 0 Å². The summed E-state index contributed by atoms with van der Waals surface area (Å²) in [5.41, 5.74) is 0.678. The maximum atomic E-state index is 13.5. The molecule has 1 saturated heterocycles. The fourth-order valence-corrected chi connectivity index (χ4v) is 5.00. The van der Waals surface area contributed by atoms with E-state index in [4.69, 9.17) is 23.2 Å². The minimum Gasteiger partial charge on any atom is -0.507 e. The second kappa shape index (κ2) is 13.2. The maximum Gasteiger partial charge on any atom is 0.295 e. The summed E-state index contributed by atoms with van der Waals surface area (Å²) in [5.74, 6) is -2.32. The normalized spacial score (nSPS) is 17.4. The van der Waals surface area contributed by atoms with E-state index in [9.17, 15) is 19.1 Å². The first kappa shape index (κ1) is 28.2. The lowest BCUT2D eigenvalue weighted by atomic mass is 9.95. The highest BCUT2D eigenvalue weighted by Gasteiger charge is 2.46. The second-order valence-corrected chi connectivity index (χ2v) is 9.91. The van der Waals surface area contributed by atoms with Crippen LogP contribution in [0.25, 0.3) is 5.76 Å². The van der Waals surface area contributed by atoms with E-state index in [-0.39, 0.29) is 21.9 Å². The Bertz CT molecular complexity index is 1100. The van der Waals surface area contributed by atoms with Gasteiger partial charge in [0, 0.05) is 22.2 Å². The van der Waals surface area contributed by atoms with Gasteiger partial charge in [-0.15, -0.1) is 0 Å². The molecule has 1 fully saturated rings. The number of Topliss-reactive ketones (excluding diaryl/α,β-unsaturated/α-hetero) is 1. The van der Waals surface area contributed by atoms with Crippen molar-refractivity contribution in [2.45, 2.75) is 52.0 Å². The zero-order chi connectivity index (χ0) is 26.2. The lowest BCUT2D eigenvalue weighted by Crippen LogP contribution is -2.34. The van der Waals surface area contributed by atoms with Crippen LogP contribution in [0.2, 0.25) is 10.0 Å². The van der Waals surface area contributed by atoms with Crippen LogP contribution in [0.3, 0.4) is 0 Å². The molecule has 1 N–H and O–H groups in total. The molecule has 1 aliphatic heterocycles. The summed E-state index contributed by atoms with van der Waals surface area (Å²) in [6, 6.07) is 9.11. The molecule has 0 bridgehead atoms. The number of halogens is 3. The predicted molar refractivity (Wildman–Crippen MR) is 143 cm³/mol. The van der Waals surface area contributed by atoms with Crippen molar-refractivity contribution in [2.24, 2.45) is 0 Å². The molecule has 1 aliphatic rings. The number of amides is 1. The number of likely N-dealkylation sites (tertiary alicyclic amines) is 1. The molecular formula is C28H33Cl2FN2O3. The second-order valence-electron chi connectivity index (χ2n) is 9.07. The summed E-state index contributed by atoms with van der Waals surface area (Å²) < 4.78 is 13.5. The summed E-state index contributed by atoms with van der Waals surface area (Å²) in [7, 11) is 0. The number of carbonyl (C=O) groups is 2. The first-order valence-corrected chi connectivity index (χ1v) is 13.3. The van der Waals surface area contributed by atoms with Crippen molar-refractivity contribution in [2.75, 3.05) is 26.2 Å². The number of rotatable bonds is 12. The third-order valence-electron chi connectivity index (χ3n) is 6.44. The summed E-state index contributed by atoms with van der Waals surface area (Å²) in [6.07, 6.45) is 5.09. The van der Waals surface area contributed by atoms with Gasteiger partial charge in [-0.1, -0.05) is 56.0 Å². The highest BCUT2D eigenvalue weighted by Crippen LogP contribution is 2.42. The Hall–Kier alpha value is -2.41. The predicted octanol–water partition coefficient (Wildman–Crippen LogP) is 6.85. The van der Waals surface area contributed by atoms with Crippen molar-refractivity contribution in [3.05, 3.63) is 75.0 Å². The Morgan fingerprint density at radius 1 is 0.972 bits per heavy atom. The molecule has 0 radical (unpaired) electrons. The molecule has 2 aromatic rings. The summed E-state index contributed by atoms with van der Waals surface area (Å²) in [5, 5.41) is 11.8. The molecule has 8 heteroatoms.